The summed E-state index contributed by atoms with van der Waals surface area (Å²) in [6, 6.07) is 15.4. The topological polar surface area (TPSA) is 50.1 Å². The minimum atomic E-state index is 0.914. The zero-order valence-electron chi connectivity index (χ0n) is 17.9. The molecule has 0 radical (unpaired) electrons. The van der Waals surface area contributed by atoms with Crippen LogP contribution in [0.5, 0.6) is 0 Å². The summed E-state index contributed by atoms with van der Waals surface area (Å²) in [6.45, 7) is 7.61. The van der Waals surface area contributed by atoms with E-state index in [1.165, 1.54) is 16.3 Å². The van der Waals surface area contributed by atoms with Crippen molar-refractivity contribution < 1.29 is 0 Å². The molecular weight excluding hydrogens is 404 g/mol. The number of imidazole rings is 1. The van der Waals surface area contributed by atoms with E-state index in [1.54, 1.807) is 18.1 Å². The Hall–Kier alpha value is -2.48. The van der Waals surface area contributed by atoms with Crippen molar-refractivity contribution in [2.75, 3.05) is 39.0 Å². The number of aryl methyl sites for hydroxylation is 1. The molecule has 0 saturated carbocycles. The van der Waals surface area contributed by atoms with Crippen molar-refractivity contribution in [3.05, 3.63) is 60.7 Å². The molecule has 0 amide bonds. The van der Waals surface area contributed by atoms with Crippen LogP contribution in [0.25, 0.3) is 21.9 Å². The Bertz CT molecular complexity index is 1160. The number of nitrogens with zero attached hydrogens (tertiary/aromatic N) is 6. The summed E-state index contributed by atoms with van der Waals surface area (Å²) in [5, 5.41) is 3.67. The van der Waals surface area contributed by atoms with E-state index in [0.29, 0.717) is 0 Å². The van der Waals surface area contributed by atoms with Gasteiger partial charge in [-0.25, -0.2) is 15.0 Å². The molecule has 0 bridgehead atoms. The van der Waals surface area contributed by atoms with E-state index in [4.69, 9.17) is 0 Å². The van der Waals surface area contributed by atoms with Gasteiger partial charge in [-0.05, 0) is 35.6 Å². The summed E-state index contributed by atoms with van der Waals surface area (Å²) in [5.41, 5.74) is 3.29. The molecule has 2 aromatic carbocycles. The van der Waals surface area contributed by atoms with Crippen LogP contribution in [0.15, 0.2) is 60.1 Å². The highest BCUT2D eigenvalue weighted by atomic mass is 32.2. The zero-order chi connectivity index (χ0) is 21.0. The average Bonchev–Trinajstić information content (AvgIpc) is 3.24. The number of piperazine rings is 1. The zero-order valence-corrected chi connectivity index (χ0v) is 18.8. The van der Waals surface area contributed by atoms with Gasteiger partial charge < -0.3 is 9.47 Å². The largest absolute Gasteiger partial charge is 0.315 e. The maximum absolute atomic E-state index is 4.52. The van der Waals surface area contributed by atoms with Gasteiger partial charge in [0.2, 0.25) is 0 Å². The average molecular weight is 433 g/mol. The van der Waals surface area contributed by atoms with Gasteiger partial charge in [-0.15, -0.1) is 11.8 Å². The lowest BCUT2D eigenvalue weighted by Crippen LogP contribution is -2.46. The molecule has 31 heavy (non-hydrogen) atoms. The summed E-state index contributed by atoms with van der Waals surface area (Å²) < 4.78 is 2.16. The minimum absolute atomic E-state index is 0.914. The lowest BCUT2D eigenvalue weighted by molar-refractivity contribution is 0.125. The summed E-state index contributed by atoms with van der Waals surface area (Å²) in [7, 11) is 0. The molecule has 0 N–H and O–H groups in total. The normalized spacial score (nSPS) is 15.8. The molecule has 0 aliphatic carbocycles. The second-order valence-electron chi connectivity index (χ2n) is 8.10. The van der Waals surface area contributed by atoms with Gasteiger partial charge in [0.05, 0.1) is 6.33 Å². The first-order chi connectivity index (χ1) is 15.3. The van der Waals surface area contributed by atoms with Gasteiger partial charge in [0, 0.05) is 39.3 Å². The van der Waals surface area contributed by atoms with Gasteiger partial charge in [-0.1, -0.05) is 42.5 Å². The number of thioether (sulfide) groups is 1. The van der Waals surface area contributed by atoms with Crippen molar-refractivity contribution >= 4 is 33.7 Å². The van der Waals surface area contributed by atoms with Crippen molar-refractivity contribution in [1.29, 1.82) is 0 Å². The Kier molecular flexibility index (Phi) is 6.15. The van der Waals surface area contributed by atoms with Gasteiger partial charge in [0.25, 0.3) is 0 Å². The van der Waals surface area contributed by atoms with Crippen LogP contribution in [0.1, 0.15) is 12.0 Å². The highest BCUT2D eigenvalue weighted by Gasteiger charge is 2.17. The summed E-state index contributed by atoms with van der Waals surface area (Å²) in [6.07, 6.45) is 6.68. The molecule has 1 aliphatic heterocycles. The van der Waals surface area contributed by atoms with Crippen molar-refractivity contribution in [2.24, 2.45) is 0 Å². The van der Waals surface area contributed by atoms with E-state index in [2.05, 4.69) is 71.8 Å². The van der Waals surface area contributed by atoms with Crippen molar-refractivity contribution in [3.63, 3.8) is 0 Å². The number of aromatic nitrogens is 4. The molecule has 5 rings (SSSR count). The number of rotatable bonds is 7. The highest BCUT2D eigenvalue weighted by molar-refractivity contribution is 7.98. The Balaban J connectivity index is 1.12. The number of fused-ring (bicyclic) bond motifs is 2. The van der Waals surface area contributed by atoms with Crippen LogP contribution < -0.4 is 0 Å². The summed E-state index contributed by atoms with van der Waals surface area (Å²) in [4.78, 5) is 18.4. The third kappa shape index (κ3) is 4.44. The second kappa shape index (κ2) is 9.34. The van der Waals surface area contributed by atoms with Gasteiger partial charge in [0.15, 0.2) is 5.65 Å². The predicted molar refractivity (Wildman–Crippen MR) is 127 cm³/mol. The molecule has 1 saturated heterocycles. The quantitative estimate of drug-likeness (QED) is 0.326. The smallest absolute Gasteiger partial charge is 0.164 e. The Morgan fingerprint density at radius 1 is 0.871 bits per heavy atom. The van der Waals surface area contributed by atoms with Crippen LogP contribution in [0, 0.1) is 0 Å². The third-order valence-electron chi connectivity index (χ3n) is 6.17. The molecule has 2 aromatic heterocycles. The molecule has 0 spiro atoms. The van der Waals surface area contributed by atoms with Crippen LogP contribution in [0.4, 0.5) is 0 Å². The standard InChI is InChI=1S/C24H28N6S/c1-31-24-22-23(25-17-26-24)30(18-27-22)11-5-10-28-12-14-29(15-13-28)16-20-8-4-7-19-6-2-3-9-21(19)20/h2-4,6-9,17-18H,5,10-16H2,1H3. The molecule has 7 heteroatoms. The number of hydrogen-bond acceptors (Lipinski definition) is 6. The first kappa shape index (κ1) is 20.4. The predicted octanol–water partition coefficient (Wildman–Crippen LogP) is 3.91. The lowest BCUT2D eigenvalue weighted by atomic mass is 10.0. The van der Waals surface area contributed by atoms with Crippen molar-refractivity contribution in [3.8, 4) is 0 Å². The SMILES string of the molecule is CSc1ncnc2c1ncn2CCCN1CCN(Cc2cccc3ccccc23)CC1. The maximum atomic E-state index is 4.52. The number of hydrogen-bond donors (Lipinski definition) is 0. The molecular formula is C24H28N6S. The van der Waals surface area contributed by atoms with E-state index < -0.39 is 0 Å². The fraction of sp³-hybridized carbons (Fsp3) is 0.375. The van der Waals surface area contributed by atoms with E-state index in [9.17, 15) is 0 Å². The molecule has 3 heterocycles. The fourth-order valence-corrected chi connectivity index (χ4v) is 4.97. The molecule has 0 atom stereocenters. The summed E-state index contributed by atoms with van der Waals surface area (Å²) >= 11 is 1.62. The van der Waals surface area contributed by atoms with E-state index in [0.717, 1.165) is 68.4 Å². The van der Waals surface area contributed by atoms with E-state index >= 15 is 0 Å². The van der Waals surface area contributed by atoms with Crippen molar-refractivity contribution in [2.45, 2.75) is 24.5 Å². The van der Waals surface area contributed by atoms with Crippen LogP contribution in [0.2, 0.25) is 0 Å². The van der Waals surface area contributed by atoms with E-state index in [1.807, 2.05) is 12.6 Å². The molecule has 1 fully saturated rings. The molecule has 160 valence electrons. The maximum Gasteiger partial charge on any atom is 0.164 e. The molecule has 1 aliphatic rings. The first-order valence-corrected chi connectivity index (χ1v) is 12.2. The van der Waals surface area contributed by atoms with Crippen LogP contribution in [0.3, 0.4) is 0 Å². The first-order valence-electron chi connectivity index (χ1n) is 10.9. The van der Waals surface area contributed by atoms with Crippen molar-refractivity contribution in [1.82, 2.24) is 29.3 Å². The lowest BCUT2D eigenvalue weighted by Gasteiger charge is -2.35. The third-order valence-corrected chi connectivity index (χ3v) is 6.86. The van der Waals surface area contributed by atoms with Gasteiger partial charge in [-0.2, -0.15) is 0 Å². The second-order valence-corrected chi connectivity index (χ2v) is 8.90. The van der Waals surface area contributed by atoms with Crippen LogP contribution in [-0.2, 0) is 13.1 Å². The monoisotopic (exact) mass is 432 g/mol. The van der Waals surface area contributed by atoms with Gasteiger partial charge >= 0.3 is 0 Å². The Morgan fingerprint density at radius 3 is 2.55 bits per heavy atom. The minimum Gasteiger partial charge on any atom is -0.315 e. The molecule has 6 nitrogen and oxygen atoms in total. The van der Waals surface area contributed by atoms with E-state index in [-0.39, 0.29) is 0 Å². The van der Waals surface area contributed by atoms with Gasteiger partial charge in [0.1, 0.15) is 16.9 Å². The number of benzene rings is 2. The van der Waals surface area contributed by atoms with Gasteiger partial charge in [-0.3, -0.25) is 4.90 Å². The summed E-state index contributed by atoms with van der Waals surface area (Å²) in [5.74, 6) is 0. The fourth-order valence-electron chi connectivity index (χ4n) is 4.48. The van der Waals surface area contributed by atoms with Crippen LogP contribution >= 0.6 is 11.8 Å². The Morgan fingerprint density at radius 2 is 1.68 bits per heavy atom. The Labute approximate surface area is 187 Å². The molecule has 4 aromatic rings. The highest BCUT2D eigenvalue weighted by Crippen LogP contribution is 2.22. The molecule has 0 unspecified atom stereocenters. The van der Waals surface area contributed by atoms with Crippen LogP contribution in [-0.4, -0.2) is 68.3 Å².